The fraction of sp³-hybridized carbons (Fsp3) is 0.471. The summed E-state index contributed by atoms with van der Waals surface area (Å²) in [5.74, 6) is 0.930. The normalized spacial score (nSPS) is 18.7. The van der Waals surface area contributed by atoms with Gasteiger partial charge in [0.15, 0.2) is 0 Å². The maximum Gasteiger partial charge on any atom is 0.416 e. The monoisotopic (exact) mass is 339 g/mol. The number of benzene rings is 1. The molecule has 24 heavy (non-hydrogen) atoms. The Kier molecular flexibility index (Phi) is 4.40. The van der Waals surface area contributed by atoms with Crippen LogP contribution in [-0.2, 0) is 25.4 Å². The first-order chi connectivity index (χ1) is 11.3. The predicted molar refractivity (Wildman–Crippen MR) is 83.1 cm³/mol. The molecule has 1 aliphatic rings. The van der Waals surface area contributed by atoms with Gasteiger partial charge in [-0.15, -0.1) is 0 Å². The van der Waals surface area contributed by atoms with Crippen LogP contribution in [0.15, 0.2) is 36.7 Å². The minimum absolute atomic E-state index is 0.342. The lowest BCUT2D eigenvalue weighted by molar-refractivity contribution is -0.137. The third-order valence-electron chi connectivity index (χ3n) is 4.70. The molecule has 0 saturated carbocycles. The van der Waals surface area contributed by atoms with Crippen LogP contribution >= 0.6 is 0 Å². The molecule has 2 heterocycles. The van der Waals surface area contributed by atoms with E-state index in [2.05, 4.69) is 9.88 Å². The molecule has 1 N–H and O–H groups in total. The Morgan fingerprint density at radius 3 is 2.54 bits per heavy atom. The molecular formula is C17H20F3N3O. The topological polar surface area (TPSA) is 41.3 Å². The number of aromatic nitrogens is 2. The number of hydrogen-bond donors (Lipinski definition) is 1. The Balaban J connectivity index is 1.69. The second-order valence-electron chi connectivity index (χ2n) is 6.34. The van der Waals surface area contributed by atoms with Gasteiger partial charge in [-0.05, 0) is 30.5 Å². The van der Waals surface area contributed by atoms with Gasteiger partial charge >= 0.3 is 6.18 Å². The molecule has 0 unspecified atom stereocenters. The van der Waals surface area contributed by atoms with Crippen molar-refractivity contribution in [1.29, 1.82) is 0 Å². The van der Waals surface area contributed by atoms with Crippen LogP contribution in [0, 0.1) is 0 Å². The quantitative estimate of drug-likeness (QED) is 0.935. The van der Waals surface area contributed by atoms with E-state index >= 15 is 0 Å². The van der Waals surface area contributed by atoms with Crippen molar-refractivity contribution in [2.24, 2.45) is 7.05 Å². The Hall–Kier alpha value is -1.86. The first-order valence-corrected chi connectivity index (χ1v) is 7.87. The molecule has 1 saturated heterocycles. The molecule has 130 valence electrons. The van der Waals surface area contributed by atoms with Gasteiger partial charge < -0.3 is 9.67 Å². The van der Waals surface area contributed by atoms with Gasteiger partial charge in [-0.2, -0.15) is 13.2 Å². The Bertz CT molecular complexity index is 703. The zero-order valence-corrected chi connectivity index (χ0v) is 13.4. The molecule has 0 amide bonds. The van der Waals surface area contributed by atoms with Crippen molar-refractivity contribution in [1.82, 2.24) is 14.5 Å². The minimum Gasteiger partial charge on any atom is -0.385 e. The van der Waals surface area contributed by atoms with Gasteiger partial charge in [0.2, 0.25) is 0 Å². The Labute approximate surface area is 138 Å². The molecule has 7 heteroatoms. The van der Waals surface area contributed by atoms with E-state index in [1.165, 1.54) is 6.07 Å². The fourth-order valence-corrected chi connectivity index (χ4v) is 3.10. The molecule has 0 aliphatic carbocycles. The fourth-order valence-electron chi connectivity index (χ4n) is 3.10. The maximum absolute atomic E-state index is 12.9. The van der Waals surface area contributed by atoms with Gasteiger partial charge in [-0.25, -0.2) is 4.98 Å². The van der Waals surface area contributed by atoms with E-state index in [-0.39, 0.29) is 0 Å². The van der Waals surface area contributed by atoms with Crippen LogP contribution in [0.25, 0.3) is 0 Å². The van der Waals surface area contributed by atoms with Crippen LogP contribution in [0.2, 0.25) is 0 Å². The van der Waals surface area contributed by atoms with Crippen LogP contribution in [0.4, 0.5) is 13.2 Å². The van der Waals surface area contributed by atoms with E-state index in [0.717, 1.165) is 18.0 Å². The van der Waals surface area contributed by atoms with Gasteiger partial charge in [0.25, 0.3) is 0 Å². The summed E-state index contributed by atoms with van der Waals surface area (Å²) in [6.45, 7) is 1.89. The smallest absolute Gasteiger partial charge is 0.385 e. The first-order valence-electron chi connectivity index (χ1n) is 7.87. The van der Waals surface area contributed by atoms with E-state index < -0.39 is 17.3 Å². The zero-order valence-electron chi connectivity index (χ0n) is 13.4. The van der Waals surface area contributed by atoms with Crippen molar-refractivity contribution in [3.05, 3.63) is 53.6 Å². The number of halogens is 3. The molecule has 0 spiro atoms. The molecule has 3 rings (SSSR count). The maximum atomic E-state index is 12.9. The Morgan fingerprint density at radius 1 is 1.25 bits per heavy atom. The summed E-state index contributed by atoms with van der Waals surface area (Å²) in [6.07, 6.45) is 0.0131. The number of hydrogen-bond acceptors (Lipinski definition) is 3. The SMILES string of the molecule is Cn1ccnc1CN1CCC(O)(c2cccc(C(F)(F)F)c2)CC1. The number of nitrogens with zero attached hydrogens (tertiary/aromatic N) is 3. The van der Waals surface area contributed by atoms with Crippen LogP contribution in [0.1, 0.15) is 29.8 Å². The lowest BCUT2D eigenvalue weighted by atomic mass is 9.83. The average Bonchev–Trinajstić information content (AvgIpc) is 2.94. The minimum atomic E-state index is -4.40. The predicted octanol–water partition coefficient (Wildman–Crippen LogP) is 2.92. The van der Waals surface area contributed by atoms with Gasteiger partial charge in [-0.1, -0.05) is 12.1 Å². The summed E-state index contributed by atoms with van der Waals surface area (Å²) in [7, 11) is 1.92. The van der Waals surface area contributed by atoms with Crippen molar-refractivity contribution in [3.63, 3.8) is 0 Å². The lowest BCUT2D eigenvalue weighted by Gasteiger charge is -2.38. The van der Waals surface area contributed by atoms with Gasteiger partial charge in [0.1, 0.15) is 5.82 Å². The highest BCUT2D eigenvalue weighted by Gasteiger charge is 2.37. The standard InChI is InChI=1S/C17H20F3N3O/c1-22-10-7-21-15(22)12-23-8-5-16(24,6-9-23)13-3-2-4-14(11-13)17(18,19)20/h2-4,7,10-11,24H,5-6,8-9,12H2,1H3. The van der Waals surface area contributed by atoms with Crippen LogP contribution in [-0.4, -0.2) is 32.6 Å². The summed E-state index contributed by atoms with van der Waals surface area (Å²) in [5, 5.41) is 10.8. The molecule has 4 nitrogen and oxygen atoms in total. The second-order valence-corrected chi connectivity index (χ2v) is 6.34. The average molecular weight is 339 g/mol. The number of piperidine rings is 1. The second kappa shape index (κ2) is 6.22. The highest BCUT2D eigenvalue weighted by Crippen LogP contribution is 2.36. The lowest BCUT2D eigenvalue weighted by Crippen LogP contribution is -2.42. The van der Waals surface area contributed by atoms with Gasteiger partial charge in [-0.3, -0.25) is 4.90 Å². The van der Waals surface area contributed by atoms with Crippen molar-refractivity contribution in [2.45, 2.75) is 31.2 Å². The molecule has 1 aromatic heterocycles. The zero-order chi connectivity index (χ0) is 17.4. The van der Waals surface area contributed by atoms with Gasteiger partial charge in [0.05, 0.1) is 17.7 Å². The summed E-state index contributed by atoms with van der Waals surface area (Å²) >= 11 is 0. The van der Waals surface area contributed by atoms with E-state index in [1.54, 1.807) is 12.3 Å². The molecule has 2 aromatic rings. The van der Waals surface area contributed by atoms with Crippen molar-refractivity contribution in [2.75, 3.05) is 13.1 Å². The number of rotatable bonds is 3. The number of imidazole rings is 1. The molecule has 0 radical (unpaired) electrons. The van der Waals surface area contributed by atoms with E-state index in [9.17, 15) is 18.3 Å². The summed E-state index contributed by atoms with van der Waals surface area (Å²) < 4.78 is 40.6. The van der Waals surface area contributed by atoms with E-state index in [0.29, 0.717) is 38.0 Å². The van der Waals surface area contributed by atoms with Crippen LogP contribution < -0.4 is 0 Å². The summed E-state index contributed by atoms with van der Waals surface area (Å²) in [4.78, 5) is 6.43. The van der Waals surface area contributed by atoms with Gasteiger partial charge in [0, 0.05) is 32.5 Å². The number of likely N-dealkylation sites (tertiary alicyclic amines) is 1. The first kappa shape index (κ1) is 17.0. The highest BCUT2D eigenvalue weighted by atomic mass is 19.4. The molecule has 0 bridgehead atoms. The summed E-state index contributed by atoms with van der Waals surface area (Å²) in [6, 6.07) is 5.03. The number of aliphatic hydroxyl groups is 1. The molecule has 0 atom stereocenters. The van der Waals surface area contributed by atoms with Crippen LogP contribution in [0.5, 0.6) is 0 Å². The molecule has 1 aliphatic heterocycles. The van der Waals surface area contributed by atoms with Crippen molar-refractivity contribution in [3.8, 4) is 0 Å². The molecule has 1 fully saturated rings. The summed E-state index contributed by atoms with van der Waals surface area (Å²) in [5.41, 5.74) is -1.59. The third-order valence-corrected chi connectivity index (χ3v) is 4.70. The number of aryl methyl sites for hydroxylation is 1. The van der Waals surface area contributed by atoms with Crippen molar-refractivity contribution >= 4 is 0 Å². The molecular weight excluding hydrogens is 319 g/mol. The Morgan fingerprint density at radius 2 is 1.96 bits per heavy atom. The van der Waals surface area contributed by atoms with E-state index in [1.807, 2.05) is 17.8 Å². The third kappa shape index (κ3) is 3.47. The number of alkyl halides is 3. The molecule has 1 aromatic carbocycles. The van der Waals surface area contributed by atoms with E-state index in [4.69, 9.17) is 0 Å². The van der Waals surface area contributed by atoms with Crippen LogP contribution in [0.3, 0.4) is 0 Å². The highest BCUT2D eigenvalue weighted by molar-refractivity contribution is 5.30. The van der Waals surface area contributed by atoms with Crippen molar-refractivity contribution < 1.29 is 18.3 Å². The largest absolute Gasteiger partial charge is 0.416 e.